The molecule has 0 bridgehead atoms. The Labute approximate surface area is 106 Å². The Bertz CT molecular complexity index is 662. The van der Waals surface area contributed by atoms with Crippen molar-refractivity contribution in [2.45, 2.75) is 13.8 Å². The third-order valence-corrected chi connectivity index (χ3v) is 3.77. The molecule has 0 fully saturated rings. The smallest absolute Gasteiger partial charge is 0.274 e. The van der Waals surface area contributed by atoms with Gasteiger partial charge in [0.1, 0.15) is 0 Å². The lowest BCUT2D eigenvalue weighted by atomic mass is 10.1. The molecule has 2 aromatic rings. The molecule has 0 aliphatic heterocycles. The number of nitrogens with one attached hydrogen (secondary N) is 1. The van der Waals surface area contributed by atoms with Crippen molar-refractivity contribution in [2.24, 2.45) is 0 Å². The Morgan fingerprint density at radius 1 is 1.18 bits per heavy atom. The number of aromatic nitrogens is 2. The van der Waals surface area contributed by atoms with Gasteiger partial charge < -0.3 is 0 Å². The Kier molecular flexibility index (Phi) is 3.02. The van der Waals surface area contributed by atoms with Gasteiger partial charge in [-0.2, -0.15) is 0 Å². The molecule has 88 valence electrons. The second kappa shape index (κ2) is 4.33. The summed E-state index contributed by atoms with van der Waals surface area (Å²) in [6.07, 6.45) is 1.48. The molecule has 17 heavy (non-hydrogen) atoms. The topological polar surface area (TPSA) is 54.9 Å². The number of hydrogen-bond acceptors (Lipinski definition) is 2. The fourth-order valence-corrected chi connectivity index (χ4v) is 1.91. The lowest BCUT2D eigenvalue weighted by Gasteiger charge is -2.09. The van der Waals surface area contributed by atoms with Gasteiger partial charge in [-0.15, -0.1) is 0 Å². The lowest BCUT2D eigenvalue weighted by molar-refractivity contribution is 0.893. The minimum atomic E-state index is -0.432. The number of hydrogen-bond donors (Lipinski definition) is 1. The summed E-state index contributed by atoms with van der Waals surface area (Å²) >= 11 is 3.47. The average Bonchev–Trinajstić information content (AvgIpc) is 2.25. The summed E-state index contributed by atoms with van der Waals surface area (Å²) in [4.78, 5) is 24.9. The van der Waals surface area contributed by atoms with Gasteiger partial charge in [-0.25, -0.2) is 4.79 Å². The zero-order chi connectivity index (χ0) is 12.6. The van der Waals surface area contributed by atoms with Crippen molar-refractivity contribution in [1.29, 1.82) is 0 Å². The average molecular weight is 295 g/mol. The molecule has 1 heterocycles. The van der Waals surface area contributed by atoms with Crippen molar-refractivity contribution >= 4 is 15.9 Å². The van der Waals surface area contributed by atoms with Crippen LogP contribution in [0, 0.1) is 13.8 Å². The van der Waals surface area contributed by atoms with E-state index in [1.807, 2.05) is 26.0 Å². The van der Waals surface area contributed by atoms with E-state index in [4.69, 9.17) is 0 Å². The number of aromatic amines is 1. The van der Waals surface area contributed by atoms with Crippen LogP contribution in [0.5, 0.6) is 0 Å². The predicted molar refractivity (Wildman–Crippen MR) is 69.8 cm³/mol. The summed E-state index contributed by atoms with van der Waals surface area (Å²) in [5.41, 5.74) is 2.00. The monoisotopic (exact) mass is 294 g/mol. The SMILES string of the molecule is Cc1cc(-n2ccc(=O)[nH]c2=O)cc(C)c1Br. The van der Waals surface area contributed by atoms with Gasteiger partial charge in [-0.05, 0) is 37.1 Å². The quantitative estimate of drug-likeness (QED) is 0.873. The number of halogens is 1. The van der Waals surface area contributed by atoms with Crippen LogP contribution in [0.25, 0.3) is 5.69 Å². The van der Waals surface area contributed by atoms with Gasteiger partial charge in [0.2, 0.25) is 0 Å². The first kappa shape index (κ1) is 11.9. The van der Waals surface area contributed by atoms with Crippen LogP contribution in [0.1, 0.15) is 11.1 Å². The molecular formula is C12H11BrN2O2. The largest absolute Gasteiger partial charge is 0.332 e. The van der Waals surface area contributed by atoms with Gasteiger partial charge in [0.15, 0.2) is 0 Å². The van der Waals surface area contributed by atoms with Crippen LogP contribution in [0.15, 0.2) is 38.5 Å². The maximum Gasteiger partial charge on any atom is 0.332 e. The molecule has 1 aromatic carbocycles. The molecule has 0 unspecified atom stereocenters. The fraction of sp³-hybridized carbons (Fsp3) is 0.167. The van der Waals surface area contributed by atoms with E-state index in [2.05, 4.69) is 20.9 Å². The van der Waals surface area contributed by atoms with Gasteiger partial charge >= 0.3 is 5.69 Å². The second-order valence-electron chi connectivity index (χ2n) is 3.87. The summed E-state index contributed by atoms with van der Waals surface area (Å²) in [6, 6.07) is 5.10. The molecule has 0 atom stereocenters. The normalized spacial score (nSPS) is 10.5. The van der Waals surface area contributed by atoms with E-state index in [9.17, 15) is 9.59 Å². The van der Waals surface area contributed by atoms with E-state index in [0.717, 1.165) is 21.3 Å². The number of benzene rings is 1. The molecule has 0 aliphatic carbocycles. The molecule has 0 saturated heterocycles. The van der Waals surface area contributed by atoms with Gasteiger partial charge in [0, 0.05) is 16.7 Å². The highest BCUT2D eigenvalue weighted by molar-refractivity contribution is 9.10. The summed E-state index contributed by atoms with van der Waals surface area (Å²) in [5.74, 6) is 0. The van der Waals surface area contributed by atoms with Gasteiger partial charge in [0.05, 0.1) is 5.69 Å². The minimum absolute atomic E-state index is 0.392. The van der Waals surface area contributed by atoms with E-state index in [1.165, 1.54) is 16.8 Å². The third-order valence-electron chi connectivity index (χ3n) is 2.52. The predicted octanol–water partition coefficient (Wildman–Crippen LogP) is 1.91. The van der Waals surface area contributed by atoms with Crippen molar-refractivity contribution in [3.05, 3.63) is 60.8 Å². The van der Waals surface area contributed by atoms with Crippen molar-refractivity contribution in [1.82, 2.24) is 9.55 Å². The van der Waals surface area contributed by atoms with Crippen LogP contribution in [0.2, 0.25) is 0 Å². The van der Waals surface area contributed by atoms with Crippen molar-refractivity contribution in [3.63, 3.8) is 0 Å². The maximum absolute atomic E-state index is 11.6. The lowest BCUT2D eigenvalue weighted by Crippen LogP contribution is -2.27. The van der Waals surface area contributed by atoms with Crippen LogP contribution >= 0.6 is 15.9 Å². The van der Waals surface area contributed by atoms with Crippen LogP contribution in [0.4, 0.5) is 0 Å². The zero-order valence-corrected chi connectivity index (χ0v) is 11.0. The molecule has 5 heteroatoms. The summed E-state index contributed by atoms with van der Waals surface area (Å²) in [6.45, 7) is 3.91. The molecule has 4 nitrogen and oxygen atoms in total. The molecular weight excluding hydrogens is 284 g/mol. The van der Waals surface area contributed by atoms with Crippen LogP contribution < -0.4 is 11.2 Å². The Morgan fingerprint density at radius 2 is 1.76 bits per heavy atom. The minimum Gasteiger partial charge on any atom is -0.274 e. The first-order valence-corrected chi connectivity index (χ1v) is 5.87. The first-order valence-electron chi connectivity index (χ1n) is 5.08. The highest BCUT2D eigenvalue weighted by Crippen LogP contribution is 2.23. The molecule has 1 N–H and O–H groups in total. The van der Waals surface area contributed by atoms with E-state index in [1.54, 1.807) is 0 Å². The standard InChI is InChI=1S/C12H11BrN2O2/c1-7-5-9(6-8(2)11(7)13)15-4-3-10(16)14-12(15)17/h3-6H,1-2H3,(H,14,16,17). The molecule has 1 aromatic heterocycles. The highest BCUT2D eigenvalue weighted by atomic mass is 79.9. The second-order valence-corrected chi connectivity index (χ2v) is 4.67. The van der Waals surface area contributed by atoms with Crippen LogP contribution in [-0.4, -0.2) is 9.55 Å². The van der Waals surface area contributed by atoms with E-state index in [-0.39, 0.29) is 0 Å². The number of H-pyrrole nitrogens is 1. The summed E-state index contributed by atoms with van der Waals surface area (Å²) in [7, 11) is 0. The highest BCUT2D eigenvalue weighted by Gasteiger charge is 2.05. The molecule has 0 saturated carbocycles. The maximum atomic E-state index is 11.6. The first-order chi connectivity index (χ1) is 7.99. The molecule has 0 spiro atoms. The van der Waals surface area contributed by atoms with Crippen LogP contribution in [0.3, 0.4) is 0 Å². The molecule has 0 aliphatic rings. The van der Waals surface area contributed by atoms with Crippen molar-refractivity contribution in [3.8, 4) is 5.69 Å². The van der Waals surface area contributed by atoms with Crippen LogP contribution in [-0.2, 0) is 0 Å². The van der Waals surface area contributed by atoms with Crippen molar-refractivity contribution < 1.29 is 0 Å². The number of nitrogens with zero attached hydrogens (tertiary/aromatic N) is 1. The van der Waals surface area contributed by atoms with E-state index >= 15 is 0 Å². The summed E-state index contributed by atoms with van der Waals surface area (Å²) < 4.78 is 2.44. The van der Waals surface area contributed by atoms with Gasteiger partial charge in [0.25, 0.3) is 5.56 Å². The number of rotatable bonds is 1. The van der Waals surface area contributed by atoms with E-state index in [0.29, 0.717) is 0 Å². The Balaban J connectivity index is 2.69. The molecule has 2 rings (SSSR count). The Morgan fingerprint density at radius 3 is 2.29 bits per heavy atom. The molecule has 0 amide bonds. The fourth-order valence-electron chi connectivity index (χ4n) is 1.68. The van der Waals surface area contributed by atoms with E-state index < -0.39 is 11.2 Å². The van der Waals surface area contributed by atoms with Gasteiger partial charge in [-0.1, -0.05) is 15.9 Å². The third kappa shape index (κ3) is 2.24. The van der Waals surface area contributed by atoms with Crippen molar-refractivity contribution in [2.75, 3.05) is 0 Å². The van der Waals surface area contributed by atoms with Gasteiger partial charge in [-0.3, -0.25) is 14.3 Å². The molecule has 0 radical (unpaired) electrons. The zero-order valence-electron chi connectivity index (χ0n) is 9.45. The summed E-state index contributed by atoms with van der Waals surface area (Å²) in [5, 5.41) is 0. The number of aryl methyl sites for hydroxylation is 2. The Hall–Kier alpha value is -1.62.